The number of nitrogens with zero attached hydrogens (tertiary/aromatic N) is 4. The van der Waals surface area contributed by atoms with Crippen LogP contribution in [0, 0.1) is 5.41 Å². The number of hydrogen-bond acceptors (Lipinski definition) is 18. The molecular weight excluding hydrogens is 807 g/mol. The third-order valence-electron chi connectivity index (χ3n) is 7.15. The molecule has 54 heavy (non-hydrogen) atoms. The van der Waals surface area contributed by atoms with Gasteiger partial charge in [0.1, 0.15) is 36.3 Å². The smallest absolute Gasteiger partial charge is 0.386 e. The van der Waals surface area contributed by atoms with Crippen LogP contribution in [-0.4, -0.2) is 123 Å². The molecule has 3 rings (SSSR count). The predicted octanol–water partition coefficient (Wildman–Crippen LogP) is -0.369. The van der Waals surface area contributed by atoms with Gasteiger partial charge in [0.25, 0.3) is 0 Å². The van der Waals surface area contributed by atoms with E-state index in [2.05, 4.69) is 34.4 Å². The number of thioether (sulfide) groups is 1. The Labute approximate surface area is 311 Å². The lowest BCUT2D eigenvalue weighted by molar-refractivity contribution is -0.137. The summed E-state index contributed by atoms with van der Waals surface area (Å²) >= 11 is 1.02. The average Bonchev–Trinajstić information content (AvgIpc) is 3.60. The monoisotopic (exact) mass is 849 g/mol. The molecule has 2 unspecified atom stereocenters. The van der Waals surface area contributed by atoms with Crippen molar-refractivity contribution < 1.29 is 80.5 Å². The Morgan fingerprint density at radius 1 is 1.07 bits per heavy atom. The van der Waals surface area contributed by atoms with Crippen molar-refractivity contribution in [1.29, 1.82) is 0 Å². The van der Waals surface area contributed by atoms with E-state index in [1.54, 1.807) is 13.8 Å². The number of nitrogens with two attached hydrogens (primary N) is 1. The lowest BCUT2D eigenvalue weighted by atomic mass is 9.87. The summed E-state index contributed by atoms with van der Waals surface area (Å²) < 4.78 is 62.0. The molecule has 304 valence electrons. The van der Waals surface area contributed by atoms with Crippen LogP contribution < -0.4 is 16.4 Å². The van der Waals surface area contributed by atoms with Gasteiger partial charge in [0.2, 0.25) is 16.9 Å². The second-order valence-electron chi connectivity index (χ2n) is 12.5. The zero-order valence-corrected chi connectivity index (χ0v) is 32.7. The molecule has 0 saturated carbocycles. The molecule has 24 nitrogen and oxygen atoms in total. The molecule has 0 radical (unpaired) electrons. The Morgan fingerprint density at radius 2 is 1.74 bits per heavy atom. The van der Waals surface area contributed by atoms with E-state index in [1.165, 1.54) is 19.9 Å². The highest BCUT2D eigenvalue weighted by Crippen LogP contribution is 2.61. The van der Waals surface area contributed by atoms with Crippen molar-refractivity contribution in [2.75, 3.05) is 37.8 Å². The van der Waals surface area contributed by atoms with Crippen LogP contribution in [-0.2, 0) is 50.7 Å². The van der Waals surface area contributed by atoms with Crippen molar-refractivity contribution in [3.8, 4) is 0 Å². The minimum absolute atomic E-state index is 0.0301. The summed E-state index contributed by atoms with van der Waals surface area (Å²) in [6.07, 6.45) is -5.45. The van der Waals surface area contributed by atoms with Crippen LogP contribution in [0.4, 0.5) is 5.82 Å². The molecule has 1 saturated heterocycles. The van der Waals surface area contributed by atoms with Crippen LogP contribution in [0.2, 0.25) is 0 Å². The van der Waals surface area contributed by atoms with Crippen molar-refractivity contribution in [3.63, 3.8) is 0 Å². The first kappa shape index (κ1) is 45.7. The number of imidazole rings is 1. The number of carbonyl (C=O) groups is 3. The Balaban J connectivity index is 1.51. The number of carbonyl (C=O) groups excluding carboxylic acids is 3. The molecule has 10 N–H and O–H groups in total. The van der Waals surface area contributed by atoms with Gasteiger partial charge in [0, 0.05) is 30.7 Å². The molecule has 1 aliphatic rings. The molecule has 1 fully saturated rings. The number of aliphatic hydroxyl groups is 2. The number of aliphatic hydroxyl groups excluding tert-OH is 2. The third kappa shape index (κ3) is 13.8. The van der Waals surface area contributed by atoms with Crippen molar-refractivity contribution >= 4 is 69.1 Å². The summed E-state index contributed by atoms with van der Waals surface area (Å²) in [5, 5.41) is 26.1. The molecule has 2 aromatic rings. The van der Waals surface area contributed by atoms with E-state index >= 15 is 0 Å². The average molecular weight is 850 g/mol. The number of phosphoric acid groups is 3. The fourth-order valence-corrected chi connectivity index (χ4v) is 8.11. The lowest BCUT2D eigenvalue weighted by Gasteiger charge is -2.30. The van der Waals surface area contributed by atoms with Crippen LogP contribution >= 0.6 is 35.2 Å². The van der Waals surface area contributed by atoms with E-state index < -0.39 is 84.6 Å². The number of phosphoric ester groups is 3. The van der Waals surface area contributed by atoms with E-state index in [1.807, 2.05) is 0 Å². The predicted molar refractivity (Wildman–Crippen MR) is 187 cm³/mol. The van der Waals surface area contributed by atoms with E-state index in [0.29, 0.717) is 5.75 Å². The Morgan fingerprint density at radius 3 is 2.39 bits per heavy atom. The van der Waals surface area contributed by atoms with E-state index in [4.69, 9.17) is 19.5 Å². The van der Waals surface area contributed by atoms with Gasteiger partial charge in [-0.1, -0.05) is 31.2 Å². The summed E-state index contributed by atoms with van der Waals surface area (Å²) in [6, 6.07) is 0. The molecular formula is C26H42N7O17P3S. The number of anilines is 1. The van der Waals surface area contributed by atoms with E-state index in [0.717, 1.165) is 34.6 Å². The van der Waals surface area contributed by atoms with Gasteiger partial charge in [-0.05, 0) is 19.9 Å². The first-order valence-electron chi connectivity index (χ1n) is 15.6. The summed E-state index contributed by atoms with van der Waals surface area (Å²) in [5.74, 6) is -1.13. The third-order valence-corrected chi connectivity index (χ3v) is 11.1. The van der Waals surface area contributed by atoms with Crippen molar-refractivity contribution in [1.82, 2.24) is 30.2 Å². The van der Waals surface area contributed by atoms with Gasteiger partial charge in [0.15, 0.2) is 17.7 Å². The maximum absolute atomic E-state index is 12.6. The fraction of sp³-hybridized carbons (Fsp3) is 0.615. The number of rotatable bonds is 20. The highest BCUT2D eigenvalue weighted by atomic mass is 32.2. The number of allylic oxidation sites excluding steroid dienone is 1. The molecule has 0 spiro atoms. The SMILES string of the molecule is CC(C)=CC(=O)SCCNC(=O)CCNC(=O)[C@H](O)C(C)(C)COP(=O)(O)OP(=O)(O)OC[C@H]1O[C@@H](n2cnc3c(N)ncnc32)[C@H](O)[C@@H]1OP(=O)(O)O. The highest BCUT2D eigenvalue weighted by molar-refractivity contribution is 8.14. The van der Waals surface area contributed by atoms with Crippen molar-refractivity contribution in [2.24, 2.45) is 5.41 Å². The summed E-state index contributed by atoms with van der Waals surface area (Å²) in [5.41, 5.74) is 5.10. The second-order valence-corrected chi connectivity index (χ2v) is 17.8. The number of amides is 2. The first-order valence-corrected chi connectivity index (χ1v) is 21.1. The van der Waals surface area contributed by atoms with Gasteiger partial charge in [-0.25, -0.2) is 28.6 Å². The number of ether oxygens (including phenoxy) is 1. The minimum atomic E-state index is -5.57. The number of hydrogen-bond donors (Lipinski definition) is 9. The van der Waals surface area contributed by atoms with Crippen LogP contribution in [0.1, 0.15) is 40.3 Å². The van der Waals surface area contributed by atoms with Crippen LogP contribution in [0.5, 0.6) is 0 Å². The normalized spacial score (nSPS) is 21.9. The van der Waals surface area contributed by atoms with Gasteiger partial charge >= 0.3 is 23.5 Å². The molecule has 7 atom stereocenters. The fourth-order valence-electron chi connectivity index (χ4n) is 4.56. The maximum atomic E-state index is 12.6. The number of fused-ring (bicyclic) bond motifs is 1. The van der Waals surface area contributed by atoms with E-state index in [9.17, 15) is 57.9 Å². The van der Waals surface area contributed by atoms with Gasteiger partial charge in [-0.15, -0.1) is 0 Å². The minimum Gasteiger partial charge on any atom is -0.386 e. The topological polar surface area (TPSA) is 364 Å². The van der Waals surface area contributed by atoms with Crippen molar-refractivity contribution in [3.05, 3.63) is 24.3 Å². The molecule has 0 aromatic carbocycles. The molecule has 28 heteroatoms. The molecule has 2 aromatic heterocycles. The van der Waals surface area contributed by atoms with Gasteiger partial charge in [-0.2, -0.15) is 4.31 Å². The summed E-state index contributed by atoms with van der Waals surface area (Å²) in [4.78, 5) is 87.0. The zero-order chi connectivity index (χ0) is 40.6. The Bertz CT molecular complexity index is 1840. The van der Waals surface area contributed by atoms with Crippen molar-refractivity contribution in [2.45, 2.75) is 64.8 Å². The second kappa shape index (κ2) is 19.0. The largest absolute Gasteiger partial charge is 0.481 e. The van der Waals surface area contributed by atoms with Crippen LogP contribution in [0.25, 0.3) is 11.2 Å². The van der Waals surface area contributed by atoms with Gasteiger partial charge in [-0.3, -0.25) is 32.5 Å². The lowest BCUT2D eigenvalue weighted by Crippen LogP contribution is -2.46. The summed E-state index contributed by atoms with van der Waals surface area (Å²) in [6.45, 7) is 4.03. The maximum Gasteiger partial charge on any atom is 0.481 e. The van der Waals surface area contributed by atoms with Crippen LogP contribution in [0.3, 0.4) is 0 Å². The summed E-state index contributed by atoms with van der Waals surface area (Å²) in [7, 11) is -16.4. The molecule has 0 aliphatic carbocycles. The highest BCUT2D eigenvalue weighted by Gasteiger charge is 2.50. The van der Waals surface area contributed by atoms with Gasteiger partial charge < -0.3 is 50.9 Å². The quantitative estimate of drug-likeness (QED) is 0.0466. The Kier molecular flexibility index (Phi) is 16.0. The van der Waals surface area contributed by atoms with Crippen LogP contribution in [0.15, 0.2) is 24.3 Å². The zero-order valence-electron chi connectivity index (χ0n) is 29.2. The molecule has 1 aliphatic heterocycles. The number of aromatic nitrogens is 4. The van der Waals surface area contributed by atoms with Gasteiger partial charge in [0.05, 0.1) is 19.5 Å². The van der Waals surface area contributed by atoms with E-state index in [-0.39, 0.29) is 41.6 Å². The number of nitrogens with one attached hydrogen (secondary N) is 2. The number of nitrogen functional groups attached to an aromatic ring is 1. The first-order chi connectivity index (χ1) is 24.9. The molecule has 3 heterocycles. The standard InChI is InChI=1S/C26H42N7O17P3S/c1-14(2)9-17(35)54-8-7-28-16(34)5-6-29-24(38)21(37)26(3,4)11-47-53(44,45)50-52(42,43)46-10-15-20(49-51(39,40)41)19(36)25(48-15)33-13-32-18-22(27)30-12-31-23(18)33/h9,12-13,15,19-21,25,36-37H,5-8,10-11H2,1-4H3,(H,28,34)(H,29,38)(H,42,43)(H,44,45)(H2,27,30,31)(H2,39,40,41)/t15-,19-,20-,21+,25-/m1/s1. The molecule has 0 bridgehead atoms. The Hall–Kier alpha value is -2.70. The molecule has 2 amide bonds.